The molecule has 4 heteroatoms. The molecule has 1 aliphatic heterocycles. The van der Waals surface area contributed by atoms with Crippen LogP contribution in [0.25, 0.3) is 0 Å². The lowest BCUT2D eigenvalue weighted by Crippen LogP contribution is -2.09. The Balaban J connectivity index is 2.34. The molecule has 0 unspecified atom stereocenters. The number of rotatable bonds is 2. The van der Waals surface area contributed by atoms with Crippen LogP contribution in [-0.4, -0.2) is 24.2 Å². The lowest BCUT2D eigenvalue weighted by atomic mass is 9.96. The maximum Gasteiger partial charge on any atom is 0.335 e. The topological polar surface area (TPSA) is 49.3 Å². The van der Waals surface area contributed by atoms with E-state index in [-0.39, 0.29) is 11.5 Å². The zero-order chi connectivity index (χ0) is 10.8. The molecule has 2 N–H and O–H groups in total. The summed E-state index contributed by atoms with van der Waals surface area (Å²) in [4.78, 5) is 10.7. The molecule has 1 heterocycles. The molecule has 1 aromatic carbocycles. The second-order valence-corrected chi connectivity index (χ2v) is 3.77. The Labute approximate surface area is 86.9 Å². The number of hydrogen-bond acceptors (Lipinski definition) is 2. The Kier molecular flexibility index (Phi) is 2.68. The summed E-state index contributed by atoms with van der Waals surface area (Å²) in [7, 11) is 0. The first kappa shape index (κ1) is 10.1. The van der Waals surface area contributed by atoms with E-state index >= 15 is 0 Å². The SMILES string of the molecule is O=C(O)c1cc(F)cc([C@@H]2CCNC2)c1. The van der Waals surface area contributed by atoms with Gasteiger partial charge in [0.25, 0.3) is 0 Å². The molecule has 0 spiro atoms. The number of halogens is 1. The molecule has 0 radical (unpaired) electrons. The molecular weight excluding hydrogens is 197 g/mol. The molecule has 1 aromatic rings. The van der Waals surface area contributed by atoms with Crippen LogP contribution in [-0.2, 0) is 0 Å². The first-order valence-electron chi connectivity index (χ1n) is 4.91. The van der Waals surface area contributed by atoms with Crippen molar-refractivity contribution in [2.24, 2.45) is 0 Å². The smallest absolute Gasteiger partial charge is 0.335 e. The van der Waals surface area contributed by atoms with Crippen molar-refractivity contribution in [3.05, 3.63) is 35.1 Å². The first-order chi connectivity index (χ1) is 7.16. The minimum Gasteiger partial charge on any atom is -0.478 e. The molecular formula is C11H12FNO2. The van der Waals surface area contributed by atoms with Gasteiger partial charge in [0.15, 0.2) is 0 Å². The van der Waals surface area contributed by atoms with Crippen molar-refractivity contribution in [2.75, 3.05) is 13.1 Å². The Hall–Kier alpha value is -1.42. The van der Waals surface area contributed by atoms with Gasteiger partial charge in [-0.15, -0.1) is 0 Å². The number of carboxylic acids is 1. The largest absolute Gasteiger partial charge is 0.478 e. The Morgan fingerprint density at radius 2 is 2.27 bits per heavy atom. The Morgan fingerprint density at radius 1 is 1.47 bits per heavy atom. The van der Waals surface area contributed by atoms with Crippen molar-refractivity contribution < 1.29 is 14.3 Å². The molecule has 1 aliphatic rings. The lowest BCUT2D eigenvalue weighted by Gasteiger charge is -2.09. The number of hydrogen-bond donors (Lipinski definition) is 2. The van der Waals surface area contributed by atoms with E-state index < -0.39 is 11.8 Å². The van der Waals surface area contributed by atoms with E-state index in [1.807, 2.05) is 0 Å². The molecule has 0 aliphatic carbocycles. The normalized spacial score (nSPS) is 20.5. The van der Waals surface area contributed by atoms with E-state index in [0.29, 0.717) is 0 Å². The fourth-order valence-electron chi connectivity index (χ4n) is 1.91. The average molecular weight is 209 g/mol. The van der Waals surface area contributed by atoms with Crippen molar-refractivity contribution in [3.63, 3.8) is 0 Å². The van der Waals surface area contributed by atoms with Crippen molar-refractivity contribution in [3.8, 4) is 0 Å². The van der Waals surface area contributed by atoms with Gasteiger partial charge in [-0.2, -0.15) is 0 Å². The highest BCUT2D eigenvalue weighted by molar-refractivity contribution is 5.87. The number of nitrogens with one attached hydrogen (secondary N) is 1. The summed E-state index contributed by atoms with van der Waals surface area (Å²) in [6.45, 7) is 1.70. The highest BCUT2D eigenvalue weighted by Crippen LogP contribution is 2.24. The van der Waals surface area contributed by atoms with Gasteiger partial charge in [-0.3, -0.25) is 0 Å². The van der Waals surface area contributed by atoms with Crippen LogP contribution in [0.5, 0.6) is 0 Å². The standard InChI is InChI=1S/C11H12FNO2/c12-10-4-8(7-1-2-13-6-7)3-9(5-10)11(14)15/h3-5,7,13H,1-2,6H2,(H,14,15)/t7-/m1/s1. The van der Waals surface area contributed by atoms with Gasteiger partial charge in [-0.1, -0.05) is 0 Å². The molecule has 1 saturated heterocycles. The molecule has 15 heavy (non-hydrogen) atoms. The van der Waals surface area contributed by atoms with Gasteiger partial charge in [-0.05, 0) is 42.6 Å². The van der Waals surface area contributed by atoms with Crippen LogP contribution in [0, 0.1) is 5.82 Å². The molecule has 80 valence electrons. The predicted octanol–water partition coefficient (Wildman–Crippen LogP) is 1.60. The number of aromatic carboxylic acids is 1. The van der Waals surface area contributed by atoms with Crippen LogP contribution in [0.1, 0.15) is 28.3 Å². The van der Waals surface area contributed by atoms with E-state index in [0.717, 1.165) is 31.1 Å². The van der Waals surface area contributed by atoms with Crippen LogP contribution in [0.3, 0.4) is 0 Å². The quantitative estimate of drug-likeness (QED) is 0.777. The third kappa shape index (κ3) is 2.15. The molecule has 0 saturated carbocycles. The summed E-state index contributed by atoms with van der Waals surface area (Å²) >= 11 is 0. The van der Waals surface area contributed by atoms with Gasteiger partial charge in [0, 0.05) is 6.54 Å². The van der Waals surface area contributed by atoms with Crippen LogP contribution in [0.15, 0.2) is 18.2 Å². The summed E-state index contributed by atoms with van der Waals surface area (Å²) in [6.07, 6.45) is 0.933. The molecule has 2 rings (SSSR count). The molecule has 0 aromatic heterocycles. The van der Waals surface area contributed by atoms with E-state index in [1.165, 1.54) is 6.07 Å². The molecule has 0 bridgehead atoms. The second-order valence-electron chi connectivity index (χ2n) is 3.77. The molecule has 1 atom stereocenters. The minimum absolute atomic E-state index is 0.0249. The van der Waals surface area contributed by atoms with Gasteiger partial charge in [0.05, 0.1) is 5.56 Å². The second kappa shape index (κ2) is 3.98. The zero-order valence-electron chi connectivity index (χ0n) is 8.16. The van der Waals surface area contributed by atoms with E-state index in [9.17, 15) is 9.18 Å². The highest BCUT2D eigenvalue weighted by atomic mass is 19.1. The third-order valence-corrected chi connectivity index (χ3v) is 2.70. The number of benzene rings is 1. The number of carbonyl (C=O) groups is 1. The summed E-state index contributed by atoms with van der Waals surface area (Å²) < 4.78 is 13.2. The van der Waals surface area contributed by atoms with E-state index in [4.69, 9.17) is 5.11 Å². The molecule has 3 nitrogen and oxygen atoms in total. The van der Waals surface area contributed by atoms with Crippen molar-refractivity contribution in [1.29, 1.82) is 0 Å². The fraction of sp³-hybridized carbons (Fsp3) is 0.364. The fourth-order valence-corrected chi connectivity index (χ4v) is 1.91. The van der Waals surface area contributed by atoms with Gasteiger partial charge < -0.3 is 10.4 Å². The monoisotopic (exact) mass is 209 g/mol. The maximum absolute atomic E-state index is 13.2. The minimum atomic E-state index is -1.08. The van der Waals surface area contributed by atoms with Gasteiger partial charge in [0.1, 0.15) is 5.82 Å². The van der Waals surface area contributed by atoms with Crippen LogP contribution >= 0.6 is 0 Å². The predicted molar refractivity (Wildman–Crippen MR) is 53.6 cm³/mol. The van der Waals surface area contributed by atoms with Gasteiger partial charge in [-0.25, -0.2) is 9.18 Å². The highest BCUT2D eigenvalue weighted by Gasteiger charge is 2.18. The average Bonchev–Trinajstić information content (AvgIpc) is 2.69. The summed E-state index contributed by atoms with van der Waals surface area (Å²) in [5.41, 5.74) is 0.800. The van der Waals surface area contributed by atoms with Gasteiger partial charge in [0.2, 0.25) is 0 Å². The maximum atomic E-state index is 13.2. The third-order valence-electron chi connectivity index (χ3n) is 2.70. The first-order valence-corrected chi connectivity index (χ1v) is 4.91. The molecule has 1 fully saturated rings. The zero-order valence-corrected chi connectivity index (χ0v) is 8.16. The van der Waals surface area contributed by atoms with Crippen molar-refractivity contribution >= 4 is 5.97 Å². The van der Waals surface area contributed by atoms with E-state index in [2.05, 4.69) is 5.32 Å². The molecule has 0 amide bonds. The lowest BCUT2D eigenvalue weighted by molar-refractivity contribution is 0.0696. The van der Waals surface area contributed by atoms with Crippen LogP contribution < -0.4 is 5.32 Å². The Morgan fingerprint density at radius 3 is 2.87 bits per heavy atom. The summed E-state index contributed by atoms with van der Waals surface area (Å²) in [5, 5.41) is 12.0. The van der Waals surface area contributed by atoms with E-state index in [1.54, 1.807) is 6.07 Å². The van der Waals surface area contributed by atoms with Crippen LogP contribution in [0.2, 0.25) is 0 Å². The van der Waals surface area contributed by atoms with Crippen molar-refractivity contribution in [1.82, 2.24) is 5.32 Å². The number of carboxylic acid groups (broad SMARTS) is 1. The van der Waals surface area contributed by atoms with Crippen molar-refractivity contribution in [2.45, 2.75) is 12.3 Å². The summed E-state index contributed by atoms with van der Waals surface area (Å²) in [5.74, 6) is -1.32. The Bertz CT molecular complexity index is 386. The van der Waals surface area contributed by atoms with Gasteiger partial charge >= 0.3 is 5.97 Å². The van der Waals surface area contributed by atoms with Crippen LogP contribution in [0.4, 0.5) is 4.39 Å². The summed E-state index contributed by atoms with van der Waals surface area (Å²) in [6, 6.07) is 4.03.